The molecule has 72 valence electrons. The predicted molar refractivity (Wildman–Crippen MR) is 48.8 cm³/mol. The van der Waals surface area contributed by atoms with Crippen LogP contribution in [0.4, 0.5) is 0 Å². The Hall–Kier alpha value is -0.675. The normalized spacial score (nSPS) is 6.42. The maximum atomic E-state index is 9.30. The lowest BCUT2D eigenvalue weighted by atomic mass is 9.88. The van der Waals surface area contributed by atoms with E-state index < -0.39 is 7.12 Å². The van der Waals surface area contributed by atoms with Gasteiger partial charge in [-0.15, -0.1) is 0 Å². The van der Waals surface area contributed by atoms with Gasteiger partial charge in [0.2, 0.25) is 0 Å². The van der Waals surface area contributed by atoms with E-state index in [9.17, 15) is 9.59 Å². The van der Waals surface area contributed by atoms with Crippen LogP contribution in [0.15, 0.2) is 0 Å². The number of hydrogen-bond donors (Lipinski definition) is 2. The van der Waals surface area contributed by atoms with Crippen LogP contribution in [0.25, 0.3) is 0 Å². The summed E-state index contributed by atoms with van der Waals surface area (Å²) in [4.78, 5) is 18.5. The van der Waals surface area contributed by atoms with E-state index in [2.05, 4.69) is 0 Å². The van der Waals surface area contributed by atoms with Crippen molar-refractivity contribution in [3.05, 3.63) is 0 Å². The van der Waals surface area contributed by atoms with Gasteiger partial charge in [-0.05, 0) is 0 Å². The summed E-state index contributed by atoms with van der Waals surface area (Å²) in [5.74, 6) is 0. The molecule has 0 bridgehead atoms. The molecule has 12 heavy (non-hydrogen) atoms. The minimum atomic E-state index is -1.47. The first-order valence-corrected chi connectivity index (χ1v) is 3.92. The van der Waals surface area contributed by atoms with Crippen LogP contribution in [0.5, 0.6) is 0 Å². The van der Waals surface area contributed by atoms with Crippen LogP contribution in [0, 0.1) is 0 Å². The summed E-state index contributed by atoms with van der Waals surface area (Å²) in [6.07, 6.45) is 1.77. The van der Waals surface area contributed by atoms with Gasteiger partial charge in [0.25, 0.3) is 0 Å². The quantitative estimate of drug-likeness (QED) is 0.478. The Labute approximate surface area is 73.7 Å². The molecule has 0 rings (SSSR count). The number of carbonyl (C=O) groups excluding carboxylic acids is 2. The molecule has 0 radical (unpaired) electrons. The molecule has 0 aliphatic heterocycles. The maximum absolute atomic E-state index is 9.30. The summed E-state index contributed by atoms with van der Waals surface area (Å²) in [5, 5.41) is 15.8. The number of hydrogen-bond acceptors (Lipinski definition) is 4. The highest BCUT2D eigenvalue weighted by molar-refractivity contribution is 6.44. The first-order valence-electron chi connectivity index (χ1n) is 3.92. The summed E-state index contributed by atoms with van der Waals surface area (Å²) in [6.45, 7) is 5.81. The van der Waals surface area contributed by atoms with Gasteiger partial charge >= 0.3 is 7.12 Å². The summed E-state index contributed by atoms with van der Waals surface area (Å²) in [5.41, 5.74) is 0. The van der Waals surface area contributed by atoms with E-state index in [1.807, 2.05) is 20.8 Å². The average molecular weight is 176 g/mol. The topological polar surface area (TPSA) is 74.6 Å². The van der Waals surface area contributed by atoms with E-state index in [1.54, 1.807) is 0 Å². The first-order chi connectivity index (χ1) is 5.68. The predicted octanol–water partition coefficient (Wildman–Crippen LogP) is 0.280. The molecule has 0 spiro atoms. The van der Waals surface area contributed by atoms with E-state index in [4.69, 9.17) is 10.0 Å². The molecule has 0 saturated carbocycles. The molecule has 4 nitrogen and oxygen atoms in total. The molecule has 0 fully saturated rings. The van der Waals surface area contributed by atoms with Crippen LogP contribution < -0.4 is 0 Å². The van der Waals surface area contributed by atoms with E-state index in [1.165, 1.54) is 0 Å². The Morgan fingerprint density at radius 1 is 1.17 bits per heavy atom. The monoisotopic (exact) mass is 176 g/mol. The third-order valence-electron chi connectivity index (χ3n) is 0.474. The molecule has 0 aromatic heterocycles. The van der Waals surface area contributed by atoms with Crippen molar-refractivity contribution in [1.82, 2.24) is 0 Å². The number of rotatable bonds is 3. The van der Waals surface area contributed by atoms with Crippen molar-refractivity contribution < 1.29 is 19.6 Å². The van der Waals surface area contributed by atoms with E-state index >= 15 is 0 Å². The molecule has 0 aromatic rings. The second kappa shape index (κ2) is 22.4. The van der Waals surface area contributed by atoms with Gasteiger partial charge < -0.3 is 19.6 Å². The molecule has 0 heterocycles. The highest BCUT2D eigenvalue weighted by Gasteiger charge is 2.01. The summed E-state index contributed by atoms with van der Waals surface area (Å²) in [6, 6.07) is 0. The lowest BCUT2D eigenvalue weighted by Crippen LogP contribution is -2.09. The molecule has 0 aliphatic rings. The molecule has 0 unspecified atom stereocenters. The third kappa shape index (κ3) is 58.5. The molecular weight excluding hydrogens is 159 g/mol. The zero-order chi connectivity index (χ0) is 10.4. The second-order valence-corrected chi connectivity index (χ2v) is 1.46. The van der Waals surface area contributed by atoms with Gasteiger partial charge in [-0.25, -0.2) is 0 Å². The molecule has 0 aromatic carbocycles. The van der Waals surface area contributed by atoms with Crippen LogP contribution in [-0.2, 0) is 9.59 Å². The van der Waals surface area contributed by atoms with Gasteiger partial charge in [-0.3, -0.25) is 0 Å². The fourth-order valence-corrected chi connectivity index (χ4v) is 0.0861. The van der Waals surface area contributed by atoms with Crippen molar-refractivity contribution in [2.45, 2.75) is 33.5 Å². The molecule has 0 amide bonds. The summed E-state index contributed by atoms with van der Waals surface area (Å²) >= 11 is 0. The van der Waals surface area contributed by atoms with Gasteiger partial charge in [0.15, 0.2) is 0 Å². The average Bonchev–Trinajstić information content (AvgIpc) is 2.08. The van der Waals surface area contributed by atoms with Crippen molar-refractivity contribution in [2.75, 3.05) is 0 Å². The van der Waals surface area contributed by atoms with Crippen molar-refractivity contribution >= 4 is 19.7 Å². The summed E-state index contributed by atoms with van der Waals surface area (Å²) < 4.78 is 0. The number of carbonyl (C=O) groups is 2. The Balaban J connectivity index is -0.000000118. The first kappa shape index (κ1) is 17.4. The van der Waals surface area contributed by atoms with Crippen molar-refractivity contribution in [3.8, 4) is 0 Å². The van der Waals surface area contributed by atoms with Gasteiger partial charge in [-0.1, -0.05) is 20.8 Å². The smallest absolute Gasteiger partial charge is 0.427 e. The van der Waals surface area contributed by atoms with Crippen molar-refractivity contribution in [1.29, 1.82) is 0 Å². The van der Waals surface area contributed by atoms with Crippen LogP contribution in [0.1, 0.15) is 27.2 Å². The van der Waals surface area contributed by atoms with E-state index in [0.717, 1.165) is 6.29 Å². The molecule has 5 heteroatoms. The van der Waals surface area contributed by atoms with Crippen LogP contribution in [0.3, 0.4) is 0 Å². The SMILES string of the molecule is CC.CCC=O.O=CCB(O)O. The Kier molecular flexibility index (Phi) is 32.6. The van der Waals surface area contributed by atoms with Crippen molar-refractivity contribution in [3.63, 3.8) is 0 Å². The zero-order valence-corrected chi connectivity index (χ0v) is 7.86. The lowest BCUT2D eigenvalue weighted by molar-refractivity contribution is -0.107. The van der Waals surface area contributed by atoms with Gasteiger partial charge in [0, 0.05) is 12.7 Å². The third-order valence-corrected chi connectivity index (χ3v) is 0.474. The van der Waals surface area contributed by atoms with Crippen LogP contribution >= 0.6 is 0 Å². The minimum absolute atomic E-state index is 0.194. The fraction of sp³-hybridized carbons (Fsp3) is 0.714. The Morgan fingerprint density at radius 3 is 1.50 bits per heavy atom. The molecular formula is C7H17BO4. The summed E-state index contributed by atoms with van der Waals surface area (Å²) in [7, 11) is -1.47. The zero-order valence-electron chi connectivity index (χ0n) is 7.86. The fourth-order valence-electron chi connectivity index (χ4n) is 0.0861. The second-order valence-electron chi connectivity index (χ2n) is 1.46. The van der Waals surface area contributed by atoms with Gasteiger partial charge in [0.05, 0.1) is 0 Å². The number of aldehydes is 2. The Bertz CT molecular complexity index is 85.5. The van der Waals surface area contributed by atoms with E-state index in [0.29, 0.717) is 12.7 Å². The van der Waals surface area contributed by atoms with Crippen LogP contribution in [0.2, 0.25) is 6.32 Å². The van der Waals surface area contributed by atoms with Gasteiger partial charge in [0.1, 0.15) is 12.6 Å². The molecule has 0 atom stereocenters. The van der Waals surface area contributed by atoms with Crippen molar-refractivity contribution in [2.24, 2.45) is 0 Å². The molecule has 0 saturated heterocycles. The minimum Gasteiger partial charge on any atom is -0.427 e. The Morgan fingerprint density at radius 2 is 1.50 bits per heavy atom. The highest BCUT2D eigenvalue weighted by Crippen LogP contribution is 1.71. The highest BCUT2D eigenvalue weighted by atomic mass is 16.4. The molecule has 2 N–H and O–H groups in total. The van der Waals surface area contributed by atoms with Crippen LogP contribution in [-0.4, -0.2) is 29.7 Å². The lowest BCUT2D eigenvalue weighted by Gasteiger charge is -1.81. The largest absolute Gasteiger partial charge is 0.458 e. The maximum Gasteiger partial charge on any atom is 0.458 e. The molecule has 0 aliphatic carbocycles. The standard InChI is InChI=1S/C3H6O.C2H5BO3.C2H6/c1-2-3-4;4-2-1-3(5)6;1-2/h3H,2H2,1H3;2,5-6H,1H2;1-2H3. The van der Waals surface area contributed by atoms with E-state index in [-0.39, 0.29) is 6.32 Å². The van der Waals surface area contributed by atoms with Gasteiger partial charge in [-0.2, -0.15) is 0 Å².